The first-order valence-corrected chi connectivity index (χ1v) is 6.76. The Labute approximate surface area is 106 Å². The van der Waals surface area contributed by atoms with E-state index in [1.807, 2.05) is 0 Å². The highest BCUT2D eigenvalue weighted by atomic mass is 16.1. The van der Waals surface area contributed by atoms with Gasteiger partial charge in [0.05, 0.1) is 5.56 Å². The molecule has 3 fully saturated rings. The molecule has 0 aliphatic heterocycles. The Morgan fingerprint density at radius 2 is 2.06 bits per heavy atom. The fraction of sp³-hybridized carbons (Fsp3) is 0.571. The van der Waals surface area contributed by atoms with E-state index in [2.05, 4.69) is 10.3 Å². The largest absolute Gasteiger partial charge is 0.398 e. The first-order chi connectivity index (χ1) is 8.75. The summed E-state index contributed by atoms with van der Waals surface area (Å²) in [5.41, 5.74) is 6.82. The fourth-order valence-electron chi connectivity index (χ4n) is 4.34. The van der Waals surface area contributed by atoms with Gasteiger partial charge in [-0.2, -0.15) is 0 Å². The predicted molar refractivity (Wildman–Crippen MR) is 67.7 cm³/mol. The van der Waals surface area contributed by atoms with Crippen molar-refractivity contribution in [3.8, 4) is 0 Å². The Morgan fingerprint density at radius 1 is 1.33 bits per heavy atom. The van der Waals surface area contributed by atoms with E-state index < -0.39 is 0 Å². The highest BCUT2D eigenvalue weighted by Crippen LogP contribution is 2.65. The van der Waals surface area contributed by atoms with Crippen molar-refractivity contribution in [1.82, 2.24) is 10.3 Å². The summed E-state index contributed by atoms with van der Waals surface area (Å²) in [6, 6.07) is 2.08. The third-order valence-corrected chi connectivity index (χ3v) is 5.13. The molecule has 4 atom stereocenters. The average molecular weight is 243 g/mol. The zero-order valence-corrected chi connectivity index (χ0v) is 10.2. The van der Waals surface area contributed by atoms with E-state index in [4.69, 9.17) is 5.73 Å². The number of amides is 1. The molecule has 1 aromatic heterocycles. The topological polar surface area (TPSA) is 68.0 Å². The van der Waals surface area contributed by atoms with Crippen LogP contribution < -0.4 is 11.1 Å². The molecule has 3 saturated carbocycles. The number of fused-ring (bicyclic) bond motifs is 5. The minimum atomic E-state index is -0.0561. The molecule has 1 heterocycles. The van der Waals surface area contributed by atoms with Gasteiger partial charge in [-0.25, -0.2) is 0 Å². The average Bonchev–Trinajstić information content (AvgIpc) is 2.77. The molecule has 3 aliphatic carbocycles. The number of anilines is 1. The number of pyridine rings is 1. The maximum absolute atomic E-state index is 12.1. The maximum atomic E-state index is 12.1. The maximum Gasteiger partial charge on any atom is 0.255 e. The van der Waals surface area contributed by atoms with Crippen LogP contribution in [0.3, 0.4) is 0 Å². The Kier molecular flexibility index (Phi) is 1.99. The van der Waals surface area contributed by atoms with Gasteiger partial charge in [0.15, 0.2) is 0 Å². The molecule has 94 valence electrons. The molecule has 4 heteroatoms. The van der Waals surface area contributed by atoms with E-state index in [-0.39, 0.29) is 5.91 Å². The monoisotopic (exact) mass is 243 g/mol. The number of carbonyl (C=O) groups excluding carboxylic acids is 1. The Bertz CT molecular complexity index is 500. The molecule has 18 heavy (non-hydrogen) atoms. The molecule has 0 saturated heterocycles. The highest BCUT2D eigenvalue weighted by Gasteiger charge is 2.65. The zero-order chi connectivity index (χ0) is 12.3. The number of hydrogen-bond donors (Lipinski definition) is 2. The summed E-state index contributed by atoms with van der Waals surface area (Å²) in [6.45, 7) is 0. The number of nitrogens with one attached hydrogen (secondary N) is 1. The second-order valence-corrected chi connectivity index (χ2v) is 5.95. The standard InChI is InChI=1S/C14H17N3O/c15-10-3-4-16-6-9(10)14(18)17-13-11-7-1-2-8(5-7)12(11)13/h3-4,6-8,11-13H,1-2,5H2,(H2,15,16)(H,17,18). The van der Waals surface area contributed by atoms with Gasteiger partial charge in [-0.05, 0) is 49.0 Å². The van der Waals surface area contributed by atoms with Crippen molar-refractivity contribution in [2.75, 3.05) is 5.73 Å². The molecule has 3 aliphatic rings. The van der Waals surface area contributed by atoms with E-state index >= 15 is 0 Å². The molecule has 4 nitrogen and oxygen atoms in total. The van der Waals surface area contributed by atoms with Crippen molar-refractivity contribution < 1.29 is 4.79 Å². The number of nitrogens with zero attached hydrogens (tertiary/aromatic N) is 1. The number of nitrogen functional groups attached to an aromatic ring is 1. The molecule has 3 N–H and O–H groups in total. The van der Waals surface area contributed by atoms with Crippen LogP contribution in [-0.4, -0.2) is 16.9 Å². The molecular weight excluding hydrogens is 226 g/mol. The number of aromatic nitrogens is 1. The van der Waals surface area contributed by atoms with E-state index in [1.54, 1.807) is 18.5 Å². The molecule has 0 aromatic carbocycles. The van der Waals surface area contributed by atoms with Crippen LogP contribution in [0.4, 0.5) is 5.69 Å². The summed E-state index contributed by atoms with van der Waals surface area (Å²) in [4.78, 5) is 16.1. The molecule has 4 unspecified atom stereocenters. The van der Waals surface area contributed by atoms with Crippen LogP contribution in [0.1, 0.15) is 29.6 Å². The summed E-state index contributed by atoms with van der Waals surface area (Å²) in [5.74, 6) is 3.20. The summed E-state index contributed by atoms with van der Waals surface area (Å²) in [6.07, 6.45) is 7.30. The van der Waals surface area contributed by atoms with Crippen molar-refractivity contribution in [2.45, 2.75) is 25.3 Å². The molecule has 1 amide bonds. The van der Waals surface area contributed by atoms with Crippen molar-refractivity contribution in [2.24, 2.45) is 23.7 Å². The van der Waals surface area contributed by atoms with Crippen molar-refractivity contribution >= 4 is 11.6 Å². The second-order valence-electron chi connectivity index (χ2n) is 5.95. The minimum absolute atomic E-state index is 0.0561. The van der Waals surface area contributed by atoms with Gasteiger partial charge in [0.1, 0.15) is 0 Å². The third kappa shape index (κ3) is 1.32. The van der Waals surface area contributed by atoms with Crippen molar-refractivity contribution in [1.29, 1.82) is 0 Å². The predicted octanol–water partition coefficient (Wildman–Crippen LogP) is 1.44. The second kappa shape index (κ2) is 3.46. The zero-order valence-electron chi connectivity index (χ0n) is 10.2. The van der Waals surface area contributed by atoms with E-state index in [1.165, 1.54) is 19.3 Å². The van der Waals surface area contributed by atoms with Crippen molar-refractivity contribution in [3.05, 3.63) is 24.0 Å². The molecule has 0 radical (unpaired) electrons. The normalized spacial score (nSPS) is 39.4. The van der Waals surface area contributed by atoms with Gasteiger partial charge in [-0.15, -0.1) is 0 Å². The van der Waals surface area contributed by atoms with Crippen LogP contribution in [0.5, 0.6) is 0 Å². The molecular formula is C14H17N3O. The lowest BCUT2D eigenvalue weighted by molar-refractivity contribution is 0.0945. The van der Waals surface area contributed by atoms with E-state index in [0.717, 1.165) is 23.7 Å². The fourth-order valence-corrected chi connectivity index (χ4v) is 4.34. The van der Waals surface area contributed by atoms with Crippen LogP contribution >= 0.6 is 0 Å². The van der Waals surface area contributed by atoms with Crippen LogP contribution in [-0.2, 0) is 0 Å². The van der Waals surface area contributed by atoms with Crippen LogP contribution in [0.2, 0.25) is 0 Å². The highest BCUT2D eigenvalue weighted by molar-refractivity contribution is 5.99. The minimum Gasteiger partial charge on any atom is -0.398 e. The van der Waals surface area contributed by atoms with Gasteiger partial charge >= 0.3 is 0 Å². The summed E-state index contributed by atoms with van der Waals surface area (Å²) < 4.78 is 0. The van der Waals surface area contributed by atoms with Crippen LogP contribution in [0, 0.1) is 23.7 Å². The summed E-state index contributed by atoms with van der Waals surface area (Å²) >= 11 is 0. The molecule has 1 aromatic rings. The number of rotatable bonds is 2. The summed E-state index contributed by atoms with van der Waals surface area (Å²) in [7, 11) is 0. The van der Waals surface area contributed by atoms with Crippen LogP contribution in [0.15, 0.2) is 18.5 Å². The summed E-state index contributed by atoms with van der Waals surface area (Å²) in [5, 5.41) is 3.15. The van der Waals surface area contributed by atoms with E-state index in [9.17, 15) is 4.79 Å². The Hall–Kier alpha value is -1.58. The third-order valence-electron chi connectivity index (χ3n) is 5.13. The first kappa shape index (κ1) is 10.4. The quantitative estimate of drug-likeness (QED) is 0.825. The van der Waals surface area contributed by atoms with Gasteiger partial charge in [0, 0.05) is 24.1 Å². The Balaban J connectivity index is 1.48. The number of carbonyl (C=O) groups is 1. The lowest BCUT2D eigenvalue weighted by Gasteiger charge is -2.11. The van der Waals surface area contributed by atoms with E-state index in [0.29, 0.717) is 17.3 Å². The SMILES string of the molecule is Nc1ccncc1C(=O)NC1C2C3CCC(C3)C12. The lowest BCUT2D eigenvalue weighted by atomic mass is 10.0. The van der Waals surface area contributed by atoms with Crippen LogP contribution in [0.25, 0.3) is 0 Å². The lowest BCUT2D eigenvalue weighted by Crippen LogP contribution is -2.30. The van der Waals surface area contributed by atoms with Gasteiger partial charge in [0.2, 0.25) is 0 Å². The van der Waals surface area contributed by atoms with Gasteiger partial charge in [-0.3, -0.25) is 9.78 Å². The first-order valence-electron chi connectivity index (χ1n) is 6.76. The molecule has 2 bridgehead atoms. The van der Waals surface area contributed by atoms with Gasteiger partial charge in [-0.1, -0.05) is 0 Å². The smallest absolute Gasteiger partial charge is 0.255 e. The number of hydrogen-bond acceptors (Lipinski definition) is 3. The van der Waals surface area contributed by atoms with Gasteiger partial charge < -0.3 is 11.1 Å². The Morgan fingerprint density at radius 3 is 2.72 bits per heavy atom. The molecule has 4 rings (SSSR count). The number of nitrogens with two attached hydrogens (primary N) is 1. The van der Waals surface area contributed by atoms with Gasteiger partial charge in [0.25, 0.3) is 5.91 Å². The molecule has 0 spiro atoms. The van der Waals surface area contributed by atoms with Crippen molar-refractivity contribution in [3.63, 3.8) is 0 Å².